The molecule has 1 heterocycles. The maximum Gasteiger partial charge on any atom is 0.418 e. The molecular weight excluding hydrogens is 314 g/mol. The van der Waals surface area contributed by atoms with Gasteiger partial charge in [-0.25, -0.2) is 0 Å². The van der Waals surface area contributed by atoms with E-state index in [0.29, 0.717) is 21.8 Å². The summed E-state index contributed by atoms with van der Waals surface area (Å²) in [6, 6.07) is 5.74. The standard InChI is InChI=1S/C13H8Cl2F3NO/c14-8-1-2-11(15)9(4-8)12-3-7(6-20)10(5-19-12)13(16,17)18/h1-5,20H,6H2. The van der Waals surface area contributed by atoms with E-state index in [2.05, 4.69) is 4.98 Å². The fourth-order valence-electron chi connectivity index (χ4n) is 1.72. The van der Waals surface area contributed by atoms with Crippen molar-refractivity contribution in [2.75, 3.05) is 0 Å². The van der Waals surface area contributed by atoms with Gasteiger partial charge >= 0.3 is 6.18 Å². The zero-order valence-electron chi connectivity index (χ0n) is 9.88. The molecule has 20 heavy (non-hydrogen) atoms. The van der Waals surface area contributed by atoms with Gasteiger partial charge in [-0.3, -0.25) is 4.98 Å². The van der Waals surface area contributed by atoms with Crippen molar-refractivity contribution in [3.05, 3.63) is 51.6 Å². The number of nitrogens with zero attached hydrogens (tertiary/aromatic N) is 1. The lowest BCUT2D eigenvalue weighted by Gasteiger charge is -2.13. The summed E-state index contributed by atoms with van der Waals surface area (Å²) in [6.07, 6.45) is -3.89. The van der Waals surface area contributed by atoms with Crippen molar-refractivity contribution >= 4 is 23.2 Å². The van der Waals surface area contributed by atoms with E-state index in [-0.39, 0.29) is 11.3 Å². The van der Waals surface area contributed by atoms with Crippen LogP contribution in [0.3, 0.4) is 0 Å². The Balaban J connectivity index is 2.57. The smallest absolute Gasteiger partial charge is 0.392 e. The Labute approximate surface area is 122 Å². The highest BCUT2D eigenvalue weighted by Crippen LogP contribution is 2.35. The molecule has 0 spiro atoms. The molecule has 0 saturated carbocycles. The van der Waals surface area contributed by atoms with Crippen LogP contribution in [0.15, 0.2) is 30.5 Å². The molecule has 0 aliphatic heterocycles. The highest BCUT2D eigenvalue weighted by Gasteiger charge is 2.33. The number of hydrogen-bond acceptors (Lipinski definition) is 2. The number of alkyl halides is 3. The Kier molecular flexibility index (Phi) is 4.22. The summed E-state index contributed by atoms with van der Waals surface area (Å²) in [5, 5.41) is 9.79. The number of halogens is 5. The molecule has 0 unspecified atom stereocenters. The topological polar surface area (TPSA) is 33.1 Å². The molecule has 0 radical (unpaired) electrons. The van der Waals surface area contributed by atoms with Gasteiger partial charge < -0.3 is 5.11 Å². The number of hydrogen-bond donors (Lipinski definition) is 1. The number of aromatic nitrogens is 1. The van der Waals surface area contributed by atoms with Crippen LogP contribution in [0.2, 0.25) is 10.0 Å². The van der Waals surface area contributed by atoms with Crippen molar-refractivity contribution in [1.82, 2.24) is 4.98 Å². The van der Waals surface area contributed by atoms with Crippen molar-refractivity contribution in [3.63, 3.8) is 0 Å². The van der Waals surface area contributed by atoms with Crippen molar-refractivity contribution in [1.29, 1.82) is 0 Å². The fourth-order valence-corrected chi connectivity index (χ4v) is 2.11. The lowest BCUT2D eigenvalue weighted by Crippen LogP contribution is -2.10. The summed E-state index contributed by atoms with van der Waals surface area (Å²) in [4.78, 5) is 3.75. The molecule has 0 atom stereocenters. The molecule has 106 valence electrons. The third-order valence-corrected chi connectivity index (χ3v) is 3.23. The van der Waals surface area contributed by atoms with Gasteiger partial charge in [-0.15, -0.1) is 0 Å². The SMILES string of the molecule is OCc1cc(-c2cc(Cl)ccc2Cl)ncc1C(F)(F)F. The summed E-state index contributed by atoms with van der Waals surface area (Å²) in [5.74, 6) is 0. The number of rotatable bonds is 2. The van der Waals surface area contributed by atoms with Crippen LogP contribution in [0.1, 0.15) is 11.1 Å². The Morgan fingerprint density at radius 1 is 1.15 bits per heavy atom. The molecular formula is C13H8Cl2F3NO. The highest BCUT2D eigenvalue weighted by molar-refractivity contribution is 6.35. The van der Waals surface area contributed by atoms with E-state index in [0.717, 1.165) is 6.07 Å². The van der Waals surface area contributed by atoms with Gasteiger partial charge in [-0.1, -0.05) is 23.2 Å². The summed E-state index contributed by atoms with van der Waals surface area (Å²) in [5.41, 5.74) is -0.613. The largest absolute Gasteiger partial charge is 0.418 e. The van der Waals surface area contributed by atoms with Crippen LogP contribution in [0.4, 0.5) is 13.2 Å². The zero-order valence-corrected chi connectivity index (χ0v) is 11.4. The van der Waals surface area contributed by atoms with Gasteiger partial charge in [0.2, 0.25) is 0 Å². The number of aliphatic hydroxyl groups is 1. The predicted octanol–water partition coefficient (Wildman–Crippen LogP) is 4.57. The van der Waals surface area contributed by atoms with Crippen LogP contribution < -0.4 is 0 Å². The molecule has 7 heteroatoms. The van der Waals surface area contributed by atoms with Crippen LogP contribution in [0.5, 0.6) is 0 Å². The first kappa shape index (κ1) is 15.1. The molecule has 2 nitrogen and oxygen atoms in total. The van der Waals surface area contributed by atoms with Crippen molar-refractivity contribution in [2.45, 2.75) is 12.8 Å². The number of pyridine rings is 1. The van der Waals surface area contributed by atoms with Gasteiger partial charge in [0.15, 0.2) is 0 Å². The van der Waals surface area contributed by atoms with Crippen molar-refractivity contribution in [3.8, 4) is 11.3 Å². The minimum atomic E-state index is -4.57. The second-order valence-electron chi connectivity index (χ2n) is 4.01. The summed E-state index contributed by atoms with van der Waals surface area (Å²) < 4.78 is 38.1. The van der Waals surface area contributed by atoms with E-state index in [9.17, 15) is 13.2 Å². The number of benzene rings is 1. The maximum atomic E-state index is 12.7. The summed E-state index contributed by atoms with van der Waals surface area (Å²) in [6.45, 7) is -0.747. The van der Waals surface area contributed by atoms with Crippen molar-refractivity contribution in [2.24, 2.45) is 0 Å². The fraction of sp³-hybridized carbons (Fsp3) is 0.154. The molecule has 1 aromatic heterocycles. The molecule has 0 bridgehead atoms. The first-order valence-corrected chi connectivity index (χ1v) is 6.21. The molecule has 0 amide bonds. The van der Waals surface area contributed by atoms with Gasteiger partial charge in [0.25, 0.3) is 0 Å². The minimum Gasteiger partial charge on any atom is -0.392 e. The molecule has 2 rings (SSSR count). The Bertz CT molecular complexity index is 644. The molecule has 2 aromatic rings. The quantitative estimate of drug-likeness (QED) is 0.879. The van der Waals surface area contributed by atoms with Crippen LogP contribution >= 0.6 is 23.2 Å². The number of aliphatic hydroxyl groups excluding tert-OH is 1. The molecule has 1 N–H and O–H groups in total. The Morgan fingerprint density at radius 2 is 1.85 bits per heavy atom. The van der Waals surface area contributed by atoms with Crippen molar-refractivity contribution < 1.29 is 18.3 Å². The van der Waals surface area contributed by atoms with Crippen LogP contribution in [-0.2, 0) is 12.8 Å². The van der Waals surface area contributed by atoms with E-state index < -0.39 is 18.3 Å². The van der Waals surface area contributed by atoms with E-state index in [1.165, 1.54) is 12.1 Å². The lowest BCUT2D eigenvalue weighted by molar-refractivity contribution is -0.138. The van der Waals surface area contributed by atoms with E-state index in [1.54, 1.807) is 6.07 Å². The van der Waals surface area contributed by atoms with Crippen LogP contribution in [0, 0.1) is 0 Å². The van der Waals surface area contributed by atoms with Crippen LogP contribution in [0.25, 0.3) is 11.3 Å². The maximum absolute atomic E-state index is 12.7. The predicted molar refractivity (Wildman–Crippen MR) is 70.6 cm³/mol. The second-order valence-corrected chi connectivity index (χ2v) is 4.85. The second kappa shape index (κ2) is 5.60. The molecule has 0 saturated heterocycles. The monoisotopic (exact) mass is 321 g/mol. The van der Waals surface area contributed by atoms with Gasteiger partial charge in [-0.05, 0) is 29.8 Å². The van der Waals surface area contributed by atoms with E-state index in [1.807, 2.05) is 0 Å². The minimum absolute atomic E-state index is 0.217. The summed E-state index contributed by atoms with van der Waals surface area (Å²) in [7, 11) is 0. The van der Waals surface area contributed by atoms with E-state index in [4.69, 9.17) is 28.3 Å². The Hall–Kier alpha value is -1.30. The highest BCUT2D eigenvalue weighted by atomic mass is 35.5. The molecule has 0 aliphatic carbocycles. The third kappa shape index (κ3) is 3.06. The van der Waals surface area contributed by atoms with Crippen LogP contribution in [-0.4, -0.2) is 10.1 Å². The Morgan fingerprint density at radius 3 is 2.45 bits per heavy atom. The normalized spacial score (nSPS) is 11.7. The van der Waals surface area contributed by atoms with Gasteiger partial charge in [0.05, 0.1) is 22.9 Å². The zero-order chi connectivity index (χ0) is 14.9. The van der Waals surface area contributed by atoms with Gasteiger partial charge in [0, 0.05) is 16.8 Å². The molecule has 1 aromatic carbocycles. The van der Waals surface area contributed by atoms with Gasteiger partial charge in [0.1, 0.15) is 0 Å². The van der Waals surface area contributed by atoms with Gasteiger partial charge in [-0.2, -0.15) is 13.2 Å². The summed E-state index contributed by atoms with van der Waals surface area (Å²) >= 11 is 11.8. The first-order chi connectivity index (χ1) is 9.32. The lowest BCUT2D eigenvalue weighted by atomic mass is 10.1. The average molecular weight is 322 g/mol. The average Bonchev–Trinajstić information content (AvgIpc) is 2.39. The third-order valence-electron chi connectivity index (χ3n) is 2.67. The molecule has 0 fully saturated rings. The van der Waals surface area contributed by atoms with E-state index >= 15 is 0 Å². The first-order valence-electron chi connectivity index (χ1n) is 5.45. The molecule has 0 aliphatic rings.